The number of anilines is 2. The van der Waals surface area contributed by atoms with Crippen molar-refractivity contribution in [2.24, 2.45) is 17.8 Å². The number of nitrogens with two attached hydrogens (primary N) is 1. The fourth-order valence-corrected chi connectivity index (χ4v) is 7.36. The summed E-state index contributed by atoms with van der Waals surface area (Å²) in [5.41, 5.74) is 8.49. The van der Waals surface area contributed by atoms with Crippen molar-refractivity contribution >= 4 is 21.4 Å². The van der Waals surface area contributed by atoms with Crippen molar-refractivity contribution in [2.75, 3.05) is 10.5 Å². The molecule has 0 radical (unpaired) electrons. The summed E-state index contributed by atoms with van der Waals surface area (Å²) in [6.07, 6.45) is 8.22. The second-order valence-electron chi connectivity index (χ2n) is 8.95. The molecule has 2 aromatic carbocycles. The van der Waals surface area contributed by atoms with Crippen molar-refractivity contribution in [3.8, 4) is 0 Å². The quantitative estimate of drug-likeness (QED) is 0.763. The molecule has 2 aromatic rings. The van der Waals surface area contributed by atoms with Crippen molar-refractivity contribution in [2.45, 2.75) is 48.8 Å². The molecule has 4 nitrogen and oxygen atoms in total. The number of benzene rings is 2. The summed E-state index contributed by atoms with van der Waals surface area (Å²) in [5.74, 6) is 2.70. The molecule has 0 amide bonds. The zero-order valence-electron chi connectivity index (χ0n) is 15.4. The number of nitrogen functional groups attached to an aromatic ring is 1. The Morgan fingerprint density at radius 2 is 1.48 bits per heavy atom. The molecule has 0 atom stereocenters. The van der Waals surface area contributed by atoms with Crippen molar-refractivity contribution < 1.29 is 8.42 Å². The zero-order chi connectivity index (χ0) is 18.6. The monoisotopic (exact) mass is 382 g/mol. The third-order valence-electron chi connectivity index (χ3n) is 6.96. The van der Waals surface area contributed by atoms with Crippen LogP contribution in [0.25, 0.3) is 0 Å². The van der Waals surface area contributed by atoms with E-state index in [0.29, 0.717) is 16.8 Å². The Morgan fingerprint density at radius 3 is 2.04 bits per heavy atom. The second kappa shape index (κ2) is 5.99. The summed E-state index contributed by atoms with van der Waals surface area (Å²) in [6.45, 7) is 0. The van der Waals surface area contributed by atoms with E-state index >= 15 is 0 Å². The summed E-state index contributed by atoms with van der Waals surface area (Å²) >= 11 is 0. The molecule has 4 bridgehead atoms. The zero-order valence-corrected chi connectivity index (χ0v) is 16.2. The Labute approximate surface area is 161 Å². The van der Waals surface area contributed by atoms with Crippen molar-refractivity contribution in [3.63, 3.8) is 0 Å². The first kappa shape index (κ1) is 17.1. The van der Waals surface area contributed by atoms with Crippen molar-refractivity contribution in [1.29, 1.82) is 0 Å². The first-order valence-electron chi connectivity index (χ1n) is 9.91. The standard InChI is InChI=1S/C22H26N2O2S/c23-19-2-1-3-21(11-19)27(25,26)24-20-6-4-18(5-7-20)22-12-15-8-16(13-22)10-17(9-15)14-22/h1-7,11,15-17,24H,8-10,12-14,23H2. The van der Waals surface area contributed by atoms with Crippen LogP contribution in [0.15, 0.2) is 53.4 Å². The van der Waals surface area contributed by atoms with Crippen molar-refractivity contribution in [3.05, 3.63) is 54.1 Å². The van der Waals surface area contributed by atoms with Gasteiger partial charge in [-0.2, -0.15) is 0 Å². The molecule has 0 aliphatic heterocycles. The molecular formula is C22H26N2O2S. The molecule has 0 unspecified atom stereocenters. The van der Waals surface area contributed by atoms with E-state index in [-0.39, 0.29) is 4.90 Å². The van der Waals surface area contributed by atoms with E-state index in [1.54, 1.807) is 18.2 Å². The van der Waals surface area contributed by atoms with Gasteiger partial charge in [-0.3, -0.25) is 4.72 Å². The Kier molecular flexibility index (Phi) is 3.80. The fraction of sp³-hybridized carbons (Fsp3) is 0.455. The van der Waals surface area contributed by atoms with Gasteiger partial charge in [-0.05, 0) is 97.6 Å². The van der Waals surface area contributed by atoms with Gasteiger partial charge in [-0.1, -0.05) is 18.2 Å². The van der Waals surface area contributed by atoms with E-state index in [1.165, 1.54) is 50.2 Å². The normalized spacial score (nSPS) is 31.8. The Hall–Kier alpha value is -2.01. The van der Waals surface area contributed by atoms with E-state index in [1.807, 2.05) is 12.1 Å². The SMILES string of the molecule is Nc1cccc(S(=O)(=O)Nc2ccc(C34CC5CC(CC(C5)C3)C4)cc2)c1. The van der Waals surface area contributed by atoms with E-state index < -0.39 is 10.0 Å². The van der Waals surface area contributed by atoms with Crippen LogP contribution >= 0.6 is 0 Å². The molecule has 142 valence electrons. The molecule has 27 heavy (non-hydrogen) atoms. The van der Waals surface area contributed by atoms with Gasteiger partial charge >= 0.3 is 0 Å². The number of hydrogen-bond donors (Lipinski definition) is 2. The lowest BCUT2D eigenvalue weighted by Crippen LogP contribution is -2.48. The van der Waals surface area contributed by atoms with E-state index in [0.717, 1.165) is 17.8 Å². The van der Waals surface area contributed by atoms with Crippen LogP contribution < -0.4 is 10.5 Å². The lowest BCUT2D eigenvalue weighted by molar-refractivity contribution is -0.00518. The highest BCUT2D eigenvalue weighted by atomic mass is 32.2. The van der Waals surface area contributed by atoms with E-state index in [9.17, 15) is 8.42 Å². The summed E-state index contributed by atoms with van der Waals surface area (Å²) in [4.78, 5) is 0.188. The lowest BCUT2D eigenvalue weighted by atomic mass is 9.48. The van der Waals surface area contributed by atoms with Gasteiger partial charge in [0.05, 0.1) is 4.90 Å². The maximum Gasteiger partial charge on any atom is 0.261 e. The van der Waals surface area contributed by atoms with Gasteiger partial charge in [0, 0.05) is 11.4 Å². The Morgan fingerprint density at radius 1 is 0.889 bits per heavy atom. The summed E-state index contributed by atoms with van der Waals surface area (Å²) < 4.78 is 27.9. The molecule has 6 rings (SSSR count). The predicted molar refractivity (Wildman–Crippen MR) is 108 cm³/mol. The predicted octanol–water partition coefficient (Wildman–Crippen LogP) is 4.54. The van der Waals surface area contributed by atoms with Gasteiger partial charge in [0.2, 0.25) is 0 Å². The lowest BCUT2D eigenvalue weighted by Gasteiger charge is -2.57. The van der Waals surface area contributed by atoms with Gasteiger partial charge < -0.3 is 5.73 Å². The minimum atomic E-state index is -3.62. The minimum absolute atomic E-state index is 0.188. The maximum absolute atomic E-state index is 12.6. The first-order valence-corrected chi connectivity index (χ1v) is 11.4. The molecular weight excluding hydrogens is 356 g/mol. The van der Waals surface area contributed by atoms with Crippen molar-refractivity contribution in [1.82, 2.24) is 0 Å². The molecule has 4 aliphatic carbocycles. The third kappa shape index (κ3) is 3.02. The average Bonchev–Trinajstić information content (AvgIpc) is 2.61. The van der Waals surface area contributed by atoms with Crippen LogP contribution in [0.3, 0.4) is 0 Å². The topological polar surface area (TPSA) is 72.2 Å². The highest BCUT2D eigenvalue weighted by Crippen LogP contribution is 2.60. The Bertz CT molecular complexity index is 931. The number of nitrogens with one attached hydrogen (secondary N) is 1. The van der Waals surface area contributed by atoms with E-state index in [4.69, 9.17) is 5.73 Å². The van der Waals surface area contributed by atoms with Crippen LogP contribution in [0.4, 0.5) is 11.4 Å². The van der Waals surface area contributed by atoms with Crippen LogP contribution in [0.2, 0.25) is 0 Å². The fourth-order valence-electron chi connectivity index (χ4n) is 6.25. The van der Waals surface area contributed by atoms with Gasteiger partial charge in [-0.15, -0.1) is 0 Å². The molecule has 4 aliphatic rings. The smallest absolute Gasteiger partial charge is 0.261 e. The molecule has 4 fully saturated rings. The Balaban J connectivity index is 1.38. The van der Waals surface area contributed by atoms with Gasteiger partial charge in [0.1, 0.15) is 0 Å². The van der Waals surface area contributed by atoms with Crippen LogP contribution in [0.1, 0.15) is 44.1 Å². The van der Waals surface area contributed by atoms with Gasteiger partial charge in [0.15, 0.2) is 0 Å². The molecule has 0 saturated heterocycles. The number of sulfonamides is 1. The molecule has 0 heterocycles. The summed E-state index contributed by atoms with van der Waals surface area (Å²) in [5, 5.41) is 0. The van der Waals surface area contributed by atoms with Gasteiger partial charge in [-0.25, -0.2) is 8.42 Å². The minimum Gasteiger partial charge on any atom is -0.399 e. The molecule has 0 aromatic heterocycles. The molecule has 3 N–H and O–H groups in total. The van der Waals surface area contributed by atoms with Crippen LogP contribution in [-0.2, 0) is 15.4 Å². The third-order valence-corrected chi connectivity index (χ3v) is 8.34. The molecule has 4 saturated carbocycles. The summed E-state index contributed by atoms with van der Waals surface area (Å²) in [7, 11) is -3.62. The van der Waals surface area contributed by atoms with E-state index in [2.05, 4.69) is 16.9 Å². The average molecular weight is 383 g/mol. The largest absolute Gasteiger partial charge is 0.399 e. The molecule has 0 spiro atoms. The second-order valence-corrected chi connectivity index (χ2v) is 10.6. The van der Waals surface area contributed by atoms with Crippen LogP contribution in [0, 0.1) is 17.8 Å². The van der Waals surface area contributed by atoms with Crippen LogP contribution in [0.5, 0.6) is 0 Å². The number of rotatable bonds is 4. The summed E-state index contributed by atoms with van der Waals surface area (Å²) in [6, 6.07) is 14.5. The van der Waals surface area contributed by atoms with Crippen LogP contribution in [-0.4, -0.2) is 8.42 Å². The maximum atomic E-state index is 12.6. The highest BCUT2D eigenvalue weighted by molar-refractivity contribution is 7.92. The number of hydrogen-bond acceptors (Lipinski definition) is 3. The van der Waals surface area contributed by atoms with Gasteiger partial charge in [0.25, 0.3) is 10.0 Å². The highest BCUT2D eigenvalue weighted by Gasteiger charge is 2.51. The molecule has 5 heteroatoms. The first-order chi connectivity index (χ1) is 12.9.